The summed E-state index contributed by atoms with van der Waals surface area (Å²) in [4.78, 5) is 6.25. The number of aromatic amines is 1. The smallest absolute Gasteiger partial charge is 0.161 e. The van der Waals surface area contributed by atoms with Gasteiger partial charge in [0.1, 0.15) is 30.2 Å². The van der Waals surface area contributed by atoms with Crippen molar-refractivity contribution >= 4 is 11.0 Å². The largest absolute Gasteiger partial charge is 0.394 e. The normalized spacial score (nSPS) is 17.7. The molecule has 0 amide bonds. The lowest BCUT2D eigenvalue weighted by Crippen LogP contribution is -2.42. The molecular weight excluding hydrogens is 290 g/mol. The van der Waals surface area contributed by atoms with Crippen LogP contribution in [0.4, 0.5) is 8.78 Å². The summed E-state index contributed by atoms with van der Waals surface area (Å²) in [5, 5.41) is 46.9. The summed E-state index contributed by atoms with van der Waals surface area (Å²) in [5.41, 5.74) is 0.111. The average Bonchev–Trinajstić information content (AvgIpc) is 2.87. The molecule has 2 rings (SSSR count). The van der Waals surface area contributed by atoms with Gasteiger partial charge in [-0.3, -0.25) is 0 Å². The zero-order chi connectivity index (χ0) is 15.7. The summed E-state index contributed by atoms with van der Waals surface area (Å²) in [6.45, 7) is -0.818. The molecule has 0 aliphatic rings. The van der Waals surface area contributed by atoms with Gasteiger partial charge in [0.25, 0.3) is 0 Å². The number of fused-ring (bicyclic) bond motifs is 1. The van der Waals surface area contributed by atoms with Gasteiger partial charge in [-0.25, -0.2) is 13.8 Å². The maximum absolute atomic E-state index is 13.1. The highest BCUT2D eigenvalue weighted by Gasteiger charge is 2.32. The molecule has 2 aromatic rings. The van der Waals surface area contributed by atoms with Crippen LogP contribution in [-0.4, -0.2) is 60.4 Å². The summed E-state index contributed by atoms with van der Waals surface area (Å²) >= 11 is 0. The third-order valence-electron chi connectivity index (χ3n) is 3.08. The fourth-order valence-electron chi connectivity index (χ4n) is 1.85. The molecule has 0 aliphatic carbocycles. The Kier molecular flexibility index (Phi) is 4.49. The van der Waals surface area contributed by atoms with Crippen LogP contribution >= 0.6 is 0 Å². The molecule has 1 heterocycles. The molecule has 7 nitrogen and oxygen atoms in total. The molecule has 0 aliphatic heterocycles. The zero-order valence-electron chi connectivity index (χ0n) is 10.6. The summed E-state index contributed by atoms with van der Waals surface area (Å²) < 4.78 is 26.1. The highest BCUT2D eigenvalue weighted by atomic mass is 19.2. The molecule has 2 unspecified atom stereocenters. The van der Waals surface area contributed by atoms with Gasteiger partial charge in [-0.2, -0.15) is 0 Å². The first-order valence-electron chi connectivity index (χ1n) is 6.03. The van der Waals surface area contributed by atoms with Crippen molar-refractivity contribution in [3.63, 3.8) is 0 Å². The van der Waals surface area contributed by atoms with Crippen LogP contribution in [0.1, 0.15) is 11.9 Å². The maximum atomic E-state index is 13.1. The second-order valence-electron chi connectivity index (χ2n) is 4.58. The molecule has 0 saturated heterocycles. The van der Waals surface area contributed by atoms with E-state index in [0.717, 1.165) is 12.1 Å². The second kappa shape index (κ2) is 6.00. The predicted octanol–water partition coefficient (Wildman–Crippen LogP) is -1.05. The van der Waals surface area contributed by atoms with Gasteiger partial charge in [-0.05, 0) is 0 Å². The Bertz CT molecular complexity index is 596. The first-order valence-corrected chi connectivity index (χ1v) is 6.03. The van der Waals surface area contributed by atoms with Crippen molar-refractivity contribution in [1.29, 1.82) is 0 Å². The number of imidazole rings is 1. The summed E-state index contributed by atoms with van der Waals surface area (Å²) in [6.07, 6.45) is -7.09. The van der Waals surface area contributed by atoms with Crippen molar-refractivity contribution in [3.8, 4) is 0 Å². The molecule has 0 spiro atoms. The van der Waals surface area contributed by atoms with E-state index in [1.54, 1.807) is 0 Å². The number of hydrogen-bond donors (Lipinski definition) is 6. The highest BCUT2D eigenvalue weighted by Crippen LogP contribution is 2.22. The highest BCUT2D eigenvalue weighted by molar-refractivity contribution is 5.75. The van der Waals surface area contributed by atoms with Crippen LogP contribution in [0.5, 0.6) is 0 Å². The molecule has 0 saturated carbocycles. The Hall–Kier alpha value is -1.65. The molecule has 116 valence electrons. The van der Waals surface area contributed by atoms with Gasteiger partial charge < -0.3 is 30.5 Å². The Balaban J connectivity index is 2.28. The van der Waals surface area contributed by atoms with Crippen molar-refractivity contribution in [3.05, 3.63) is 29.6 Å². The fourth-order valence-corrected chi connectivity index (χ4v) is 1.85. The Morgan fingerprint density at radius 1 is 1.05 bits per heavy atom. The number of halogens is 2. The van der Waals surface area contributed by atoms with Gasteiger partial charge in [0, 0.05) is 12.1 Å². The Labute approximate surface area is 117 Å². The van der Waals surface area contributed by atoms with Crippen LogP contribution in [0.25, 0.3) is 11.0 Å². The van der Waals surface area contributed by atoms with Crippen LogP contribution in [0, 0.1) is 11.6 Å². The lowest BCUT2D eigenvalue weighted by atomic mass is 10.0. The van der Waals surface area contributed by atoms with E-state index >= 15 is 0 Å². The van der Waals surface area contributed by atoms with Crippen LogP contribution in [0.15, 0.2) is 12.1 Å². The first-order chi connectivity index (χ1) is 9.85. The number of nitrogens with one attached hydrogen (secondary N) is 1. The zero-order valence-corrected chi connectivity index (χ0v) is 10.6. The number of nitrogens with zero attached hydrogens (tertiary/aromatic N) is 1. The molecule has 0 fully saturated rings. The van der Waals surface area contributed by atoms with Gasteiger partial charge in [0.05, 0.1) is 17.6 Å². The molecule has 0 bridgehead atoms. The number of hydrogen-bond acceptors (Lipinski definition) is 6. The van der Waals surface area contributed by atoms with Crippen LogP contribution < -0.4 is 0 Å². The summed E-state index contributed by atoms with van der Waals surface area (Å²) in [5.74, 6) is -2.47. The van der Waals surface area contributed by atoms with Crippen LogP contribution in [0.3, 0.4) is 0 Å². The molecule has 21 heavy (non-hydrogen) atoms. The number of aliphatic hydroxyl groups excluding tert-OH is 5. The summed E-state index contributed by atoms with van der Waals surface area (Å²) in [6, 6.07) is 1.64. The molecule has 4 atom stereocenters. The van der Waals surface area contributed by atoms with E-state index in [9.17, 15) is 29.2 Å². The minimum atomic E-state index is -1.86. The van der Waals surface area contributed by atoms with Gasteiger partial charge >= 0.3 is 0 Å². The van der Waals surface area contributed by atoms with E-state index in [2.05, 4.69) is 9.97 Å². The van der Waals surface area contributed by atoms with Gasteiger partial charge in [-0.1, -0.05) is 0 Å². The van der Waals surface area contributed by atoms with Crippen molar-refractivity contribution in [2.24, 2.45) is 0 Å². The summed E-state index contributed by atoms with van der Waals surface area (Å²) in [7, 11) is 0. The molecule has 9 heteroatoms. The van der Waals surface area contributed by atoms with E-state index in [0.29, 0.717) is 0 Å². The van der Waals surface area contributed by atoms with Crippen LogP contribution in [0.2, 0.25) is 0 Å². The van der Waals surface area contributed by atoms with E-state index in [1.165, 1.54) is 0 Å². The lowest BCUT2D eigenvalue weighted by Gasteiger charge is -2.24. The number of aliphatic hydroxyl groups is 5. The van der Waals surface area contributed by atoms with Crippen molar-refractivity contribution in [2.75, 3.05) is 6.61 Å². The standard InChI is InChI=1S/C12H14F2N2O5/c13-4-1-6-7(2-5(4)14)16-12(15-6)11(21)10(20)9(19)8(18)3-17/h1-2,8-11,17-21H,3H2,(H,15,16)/t8?,9-,10?,11+/m1/s1. The van der Waals surface area contributed by atoms with E-state index in [4.69, 9.17) is 5.11 Å². The second-order valence-corrected chi connectivity index (χ2v) is 4.58. The minimum Gasteiger partial charge on any atom is -0.394 e. The predicted molar refractivity (Wildman–Crippen MR) is 66.1 cm³/mol. The van der Waals surface area contributed by atoms with Gasteiger partial charge in [0.15, 0.2) is 11.6 Å². The molecule has 1 aromatic heterocycles. The molecular formula is C12H14F2N2O5. The fraction of sp³-hybridized carbons (Fsp3) is 0.417. The monoisotopic (exact) mass is 304 g/mol. The maximum Gasteiger partial charge on any atom is 0.161 e. The Morgan fingerprint density at radius 2 is 1.67 bits per heavy atom. The van der Waals surface area contributed by atoms with E-state index < -0.39 is 42.7 Å². The number of rotatable bonds is 5. The average molecular weight is 304 g/mol. The number of benzene rings is 1. The quantitative estimate of drug-likeness (QED) is 0.418. The molecule has 1 aromatic carbocycles. The third kappa shape index (κ3) is 3.01. The van der Waals surface area contributed by atoms with Crippen LogP contribution in [-0.2, 0) is 0 Å². The molecule has 0 radical (unpaired) electrons. The van der Waals surface area contributed by atoms with Crippen molar-refractivity contribution in [2.45, 2.75) is 24.4 Å². The lowest BCUT2D eigenvalue weighted by molar-refractivity contribution is -0.117. The van der Waals surface area contributed by atoms with E-state index in [-0.39, 0.29) is 16.9 Å². The third-order valence-corrected chi connectivity index (χ3v) is 3.08. The topological polar surface area (TPSA) is 130 Å². The first kappa shape index (κ1) is 15.7. The van der Waals surface area contributed by atoms with Crippen molar-refractivity contribution < 1.29 is 34.3 Å². The Morgan fingerprint density at radius 3 is 2.29 bits per heavy atom. The number of H-pyrrole nitrogens is 1. The minimum absolute atomic E-state index is 0.0207. The number of aromatic nitrogens is 2. The van der Waals surface area contributed by atoms with Gasteiger partial charge in [0.2, 0.25) is 0 Å². The SMILES string of the molecule is OCC(O)[C@@H](O)C(O)[C@H](O)c1nc2cc(F)c(F)cc2[nH]1. The van der Waals surface area contributed by atoms with E-state index in [1.807, 2.05) is 0 Å². The van der Waals surface area contributed by atoms with Gasteiger partial charge in [-0.15, -0.1) is 0 Å². The van der Waals surface area contributed by atoms with Crippen molar-refractivity contribution in [1.82, 2.24) is 9.97 Å². The molecule has 6 N–H and O–H groups in total.